The van der Waals surface area contributed by atoms with Crippen LogP contribution >= 0.6 is 11.3 Å². The third kappa shape index (κ3) is 3.99. The molecular formula is C19H24N2OS. The van der Waals surface area contributed by atoms with Gasteiger partial charge in [0.25, 0.3) is 0 Å². The zero-order valence-electron chi connectivity index (χ0n) is 13.7. The number of fused-ring (bicyclic) bond motifs is 3. The molecule has 0 saturated carbocycles. The van der Waals surface area contributed by atoms with E-state index in [0.717, 1.165) is 30.1 Å². The quantitative estimate of drug-likeness (QED) is 0.562. The molecule has 0 radical (unpaired) electrons. The van der Waals surface area contributed by atoms with Gasteiger partial charge in [0.1, 0.15) is 0 Å². The first kappa shape index (κ1) is 16.2. The van der Waals surface area contributed by atoms with E-state index in [2.05, 4.69) is 35.4 Å². The van der Waals surface area contributed by atoms with Crippen LogP contribution in [-0.2, 0) is 11.2 Å². The Kier molecular flexibility index (Phi) is 5.44. The number of amides is 1. The molecule has 3 nitrogen and oxygen atoms in total. The molecule has 0 aliphatic heterocycles. The number of thiazole rings is 1. The lowest BCUT2D eigenvalue weighted by molar-refractivity contribution is -0.116. The molecule has 0 atom stereocenters. The first-order chi connectivity index (χ1) is 11.3. The number of hydrogen-bond acceptors (Lipinski definition) is 3. The van der Waals surface area contributed by atoms with Crippen molar-refractivity contribution < 1.29 is 4.79 Å². The fraction of sp³-hybridized carbons (Fsp3) is 0.474. The Bertz CT molecular complexity index is 678. The third-order valence-corrected chi connectivity index (χ3v) is 5.30. The van der Waals surface area contributed by atoms with Crippen molar-refractivity contribution >= 4 is 22.4 Å². The van der Waals surface area contributed by atoms with Crippen LogP contribution in [0.4, 0.5) is 5.13 Å². The van der Waals surface area contributed by atoms with E-state index in [1.807, 2.05) is 6.07 Å². The van der Waals surface area contributed by atoms with Crippen LogP contribution < -0.4 is 5.32 Å². The van der Waals surface area contributed by atoms with Gasteiger partial charge in [-0.25, -0.2) is 4.98 Å². The van der Waals surface area contributed by atoms with Crippen molar-refractivity contribution in [3.63, 3.8) is 0 Å². The number of nitrogens with zero attached hydrogens (tertiary/aromatic N) is 1. The van der Waals surface area contributed by atoms with E-state index >= 15 is 0 Å². The zero-order valence-corrected chi connectivity index (χ0v) is 14.5. The summed E-state index contributed by atoms with van der Waals surface area (Å²) in [5.74, 6) is 0.0983. The van der Waals surface area contributed by atoms with E-state index in [1.165, 1.54) is 41.7 Å². The van der Waals surface area contributed by atoms with Gasteiger partial charge in [0.2, 0.25) is 5.91 Å². The summed E-state index contributed by atoms with van der Waals surface area (Å²) in [6.45, 7) is 2.22. The molecule has 122 valence electrons. The second kappa shape index (κ2) is 7.73. The van der Waals surface area contributed by atoms with E-state index in [1.54, 1.807) is 11.3 Å². The average molecular weight is 328 g/mol. The summed E-state index contributed by atoms with van der Waals surface area (Å²) in [6, 6.07) is 8.38. The molecule has 1 aromatic heterocycles. The van der Waals surface area contributed by atoms with Crippen molar-refractivity contribution in [2.24, 2.45) is 0 Å². The molecule has 1 aromatic carbocycles. The minimum atomic E-state index is 0.0983. The second-order valence-corrected chi connectivity index (χ2v) is 7.27. The number of aromatic nitrogens is 1. The number of unbranched alkanes of at least 4 members (excludes halogenated alkanes) is 5. The highest BCUT2D eigenvalue weighted by molar-refractivity contribution is 7.16. The molecule has 1 N–H and O–H groups in total. The molecule has 4 heteroatoms. The summed E-state index contributed by atoms with van der Waals surface area (Å²) in [5.41, 5.74) is 3.61. The summed E-state index contributed by atoms with van der Waals surface area (Å²) >= 11 is 1.61. The molecule has 0 saturated heterocycles. The maximum atomic E-state index is 12.0. The predicted octanol–water partition coefficient (Wildman–Crippen LogP) is 5.40. The van der Waals surface area contributed by atoms with E-state index in [4.69, 9.17) is 0 Å². The van der Waals surface area contributed by atoms with Crippen LogP contribution in [0, 0.1) is 0 Å². The number of hydrogen-bond donors (Lipinski definition) is 1. The lowest BCUT2D eigenvalue weighted by Crippen LogP contribution is -2.10. The number of carbonyl (C=O) groups excluding carboxylic acids is 1. The smallest absolute Gasteiger partial charge is 0.226 e. The SMILES string of the molecule is CCCCCCCCC(=O)Nc1nc2c(s1)Cc1ccccc1-2. The largest absolute Gasteiger partial charge is 0.302 e. The topological polar surface area (TPSA) is 42.0 Å². The molecule has 0 fully saturated rings. The normalized spacial score (nSPS) is 12.0. The number of carbonyl (C=O) groups is 1. The highest BCUT2D eigenvalue weighted by Crippen LogP contribution is 2.40. The Morgan fingerprint density at radius 2 is 1.96 bits per heavy atom. The first-order valence-corrected chi connectivity index (χ1v) is 9.47. The summed E-state index contributed by atoms with van der Waals surface area (Å²) < 4.78 is 0. The lowest BCUT2D eigenvalue weighted by Gasteiger charge is -2.03. The Labute approximate surface area is 142 Å². The highest BCUT2D eigenvalue weighted by Gasteiger charge is 2.23. The van der Waals surface area contributed by atoms with Gasteiger partial charge in [-0.1, -0.05) is 63.3 Å². The molecule has 0 unspecified atom stereocenters. The summed E-state index contributed by atoms with van der Waals surface area (Å²) in [5, 5.41) is 3.72. The minimum Gasteiger partial charge on any atom is -0.302 e. The van der Waals surface area contributed by atoms with Crippen molar-refractivity contribution in [1.29, 1.82) is 0 Å². The molecule has 1 aliphatic rings. The third-order valence-electron chi connectivity index (χ3n) is 4.32. The molecule has 1 amide bonds. The van der Waals surface area contributed by atoms with Gasteiger partial charge in [0.15, 0.2) is 5.13 Å². The second-order valence-electron chi connectivity index (χ2n) is 6.19. The minimum absolute atomic E-state index is 0.0983. The zero-order chi connectivity index (χ0) is 16.1. The van der Waals surface area contributed by atoms with Gasteiger partial charge in [0, 0.05) is 23.3 Å². The van der Waals surface area contributed by atoms with Gasteiger partial charge in [0.05, 0.1) is 5.69 Å². The van der Waals surface area contributed by atoms with Crippen LogP contribution in [0.15, 0.2) is 24.3 Å². The van der Waals surface area contributed by atoms with Gasteiger partial charge in [-0.05, 0) is 12.0 Å². The van der Waals surface area contributed by atoms with Gasteiger partial charge in [-0.15, -0.1) is 11.3 Å². The van der Waals surface area contributed by atoms with Gasteiger partial charge < -0.3 is 5.32 Å². The number of benzene rings is 1. The summed E-state index contributed by atoms with van der Waals surface area (Å²) in [7, 11) is 0. The molecule has 0 bridgehead atoms. The lowest BCUT2D eigenvalue weighted by atomic mass is 10.1. The van der Waals surface area contributed by atoms with Gasteiger partial charge in [-0.3, -0.25) is 4.79 Å². The molecule has 23 heavy (non-hydrogen) atoms. The fourth-order valence-electron chi connectivity index (χ4n) is 3.06. The van der Waals surface area contributed by atoms with Crippen molar-refractivity contribution in [3.05, 3.63) is 34.7 Å². The van der Waals surface area contributed by atoms with Crippen LogP contribution in [0.3, 0.4) is 0 Å². The molecule has 1 aliphatic carbocycles. The predicted molar refractivity (Wildman–Crippen MR) is 97.0 cm³/mol. The van der Waals surface area contributed by atoms with Gasteiger partial charge in [-0.2, -0.15) is 0 Å². The average Bonchev–Trinajstić information content (AvgIpc) is 3.07. The Morgan fingerprint density at radius 3 is 2.83 bits per heavy atom. The first-order valence-electron chi connectivity index (χ1n) is 8.65. The molecule has 2 aromatic rings. The standard InChI is InChI=1S/C19H24N2OS/c1-2-3-4-5-6-7-12-17(22)20-19-21-18-15-11-9-8-10-14(15)13-16(18)23-19/h8-11H,2-7,12-13H2,1H3,(H,20,21,22). The van der Waals surface area contributed by atoms with E-state index in [-0.39, 0.29) is 5.91 Å². The fourth-order valence-corrected chi connectivity index (χ4v) is 4.08. The maximum Gasteiger partial charge on any atom is 0.226 e. The monoisotopic (exact) mass is 328 g/mol. The summed E-state index contributed by atoms with van der Waals surface area (Å²) in [6.07, 6.45) is 8.76. The van der Waals surface area contributed by atoms with E-state index in [9.17, 15) is 4.79 Å². The number of nitrogens with one attached hydrogen (secondary N) is 1. The van der Waals surface area contributed by atoms with Crippen molar-refractivity contribution in [2.45, 2.75) is 58.3 Å². The van der Waals surface area contributed by atoms with Crippen molar-refractivity contribution in [1.82, 2.24) is 4.98 Å². The Balaban J connectivity index is 1.48. The molecule has 3 rings (SSSR count). The number of rotatable bonds is 8. The van der Waals surface area contributed by atoms with Gasteiger partial charge >= 0.3 is 0 Å². The maximum absolute atomic E-state index is 12.0. The highest BCUT2D eigenvalue weighted by atomic mass is 32.1. The van der Waals surface area contributed by atoms with Crippen LogP contribution in [0.2, 0.25) is 0 Å². The molecular weight excluding hydrogens is 304 g/mol. The van der Waals surface area contributed by atoms with E-state index in [0.29, 0.717) is 6.42 Å². The van der Waals surface area contributed by atoms with E-state index < -0.39 is 0 Å². The Morgan fingerprint density at radius 1 is 1.17 bits per heavy atom. The summed E-state index contributed by atoms with van der Waals surface area (Å²) in [4.78, 5) is 17.9. The Hall–Kier alpha value is -1.68. The van der Waals surface area contributed by atoms with Crippen LogP contribution in [-0.4, -0.2) is 10.9 Å². The van der Waals surface area contributed by atoms with Crippen LogP contribution in [0.5, 0.6) is 0 Å². The van der Waals surface area contributed by atoms with Crippen LogP contribution in [0.1, 0.15) is 62.3 Å². The van der Waals surface area contributed by atoms with Crippen molar-refractivity contribution in [2.75, 3.05) is 5.32 Å². The molecule has 1 heterocycles. The number of anilines is 1. The van der Waals surface area contributed by atoms with Crippen LogP contribution in [0.25, 0.3) is 11.3 Å². The van der Waals surface area contributed by atoms with Crippen molar-refractivity contribution in [3.8, 4) is 11.3 Å². The molecule has 0 spiro atoms.